The Kier molecular flexibility index (Phi) is 5.35. The van der Waals surface area contributed by atoms with E-state index in [-0.39, 0.29) is 0 Å². The minimum Gasteiger partial charge on any atom is -0.369 e. The summed E-state index contributed by atoms with van der Waals surface area (Å²) >= 11 is 0. The quantitative estimate of drug-likeness (QED) is 0.582. The molecule has 4 rings (SSSR count). The van der Waals surface area contributed by atoms with Gasteiger partial charge in [-0.05, 0) is 56.0 Å². The summed E-state index contributed by atoms with van der Waals surface area (Å²) in [5.41, 5.74) is 6.71. The second kappa shape index (κ2) is 8.05. The molecule has 1 fully saturated rings. The zero-order valence-electron chi connectivity index (χ0n) is 15.8. The number of aryl methyl sites for hydroxylation is 2. The Bertz CT molecular complexity index is 773. The SMILES string of the molecule is Cc1ccccc1N1CCN(CCCCCc2ccc3c(c2)N=C3)CC1. The van der Waals surface area contributed by atoms with E-state index in [0.29, 0.717) is 0 Å². The number of unbranched alkanes of at least 4 members (excludes halogenated alkanes) is 2. The molecule has 2 aromatic rings. The van der Waals surface area contributed by atoms with Crippen LogP contribution in [0.3, 0.4) is 0 Å². The molecule has 0 spiro atoms. The van der Waals surface area contributed by atoms with Crippen molar-refractivity contribution in [2.75, 3.05) is 37.6 Å². The molecule has 2 aromatic carbocycles. The third kappa shape index (κ3) is 3.99. The summed E-state index contributed by atoms with van der Waals surface area (Å²) in [5.74, 6) is 0. The van der Waals surface area contributed by atoms with E-state index >= 15 is 0 Å². The molecule has 0 aliphatic carbocycles. The molecule has 0 amide bonds. The number of hydrogen-bond donors (Lipinski definition) is 0. The first-order chi connectivity index (χ1) is 12.8. The maximum absolute atomic E-state index is 4.30. The Balaban J connectivity index is 1.13. The highest BCUT2D eigenvalue weighted by Crippen LogP contribution is 2.26. The summed E-state index contributed by atoms with van der Waals surface area (Å²) in [4.78, 5) is 9.47. The smallest absolute Gasteiger partial charge is 0.0720 e. The van der Waals surface area contributed by atoms with Gasteiger partial charge in [-0.15, -0.1) is 0 Å². The van der Waals surface area contributed by atoms with Crippen LogP contribution in [0, 0.1) is 6.92 Å². The Morgan fingerprint density at radius 3 is 2.50 bits per heavy atom. The number of rotatable bonds is 7. The van der Waals surface area contributed by atoms with Crippen LogP contribution in [0.1, 0.15) is 36.0 Å². The van der Waals surface area contributed by atoms with Crippen molar-refractivity contribution in [3.05, 3.63) is 59.2 Å². The molecule has 0 aromatic heterocycles. The van der Waals surface area contributed by atoms with Gasteiger partial charge in [-0.1, -0.05) is 36.8 Å². The van der Waals surface area contributed by atoms with E-state index in [4.69, 9.17) is 0 Å². The molecule has 0 unspecified atom stereocenters. The largest absolute Gasteiger partial charge is 0.369 e. The third-order valence-electron chi connectivity index (χ3n) is 5.71. The minimum absolute atomic E-state index is 1.15. The first-order valence-corrected chi connectivity index (χ1v) is 9.99. The number of piperazine rings is 1. The number of nitrogens with zero attached hydrogens (tertiary/aromatic N) is 3. The number of hydrogen-bond acceptors (Lipinski definition) is 3. The second-order valence-electron chi connectivity index (χ2n) is 7.58. The summed E-state index contributed by atoms with van der Waals surface area (Å²) in [6.45, 7) is 8.15. The molecular weight excluding hydrogens is 318 g/mol. The molecule has 0 saturated carbocycles. The summed E-state index contributed by atoms with van der Waals surface area (Å²) in [5, 5.41) is 0. The summed E-state index contributed by atoms with van der Waals surface area (Å²) in [7, 11) is 0. The fraction of sp³-hybridized carbons (Fsp3) is 0.435. The molecule has 2 aliphatic rings. The Morgan fingerprint density at radius 2 is 1.77 bits per heavy atom. The summed E-state index contributed by atoms with van der Waals surface area (Å²) < 4.78 is 0. The van der Waals surface area contributed by atoms with Gasteiger partial charge in [-0.25, -0.2) is 0 Å². The Labute approximate surface area is 157 Å². The van der Waals surface area contributed by atoms with Crippen molar-refractivity contribution in [3.8, 4) is 0 Å². The van der Waals surface area contributed by atoms with Gasteiger partial charge in [-0.2, -0.15) is 0 Å². The van der Waals surface area contributed by atoms with Gasteiger partial charge in [0.25, 0.3) is 0 Å². The molecule has 0 radical (unpaired) electrons. The van der Waals surface area contributed by atoms with E-state index in [1.165, 1.54) is 73.4 Å². The second-order valence-corrected chi connectivity index (χ2v) is 7.58. The van der Waals surface area contributed by atoms with Crippen LogP contribution in [0.25, 0.3) is 0 Å². The molecule has 0 atom stereocenters. The lowest BCUT2D eigenvalue weighted by atomic mass is 10.0. The number of benzene rings is 2. The predicted octanol–water partition coefficient (Wildman–Crippen LogP) is 4.59. The fourth-order valence-corrected chi connectivity index (χ4v) is 4.01. The van der Waals surface area contributed by atoms with E-state index < -0.39 is 0 Å². The average Bonchev–Trinajstić information content (AvgIpc) is 2.64. The molecule has 1 saturated heterocycles. The van der Waals surface area contributed by atoms with Gasteiger partial charge in [0.15, 0.2) is 0 Å². The monoisotopic (exact) mass is 347 g/mol. The fourth-order valence-electron chi connectivity index (χ4n) is 4.01. The van der Waals surface area contributed by atoms with Gasteiger partial charge < -0.3 is 4.90 Å². The first-order valence-electron chi connectivity index (χ1n) is 9.99. The van der Waals surface area contributed by atoms with Crippen LogP contribution < -0.4 is 4.90 Å². The summed E-state index contributed by atoms with van der Waals surface area (Å²) in [6.07, 6.45) is 7.04. The molecule has 0 bridgehead atoms. The van der Waals surface area contributed by atoms with E-state index in [9.17, 15) is 0 Å². The highest BCUT2D eigenvalue weighted by Gasteiger charge is 2.17. The van der Waals surface area contributed by atoms with Crippen molar-refractivity contribution < 1.29 is 0 Å². The van der Waals surface area contributed by atoms with Crippen molar-refractivity contribution in [2.45, 2.75) is 32.6 Å². The Hall–Kier alpha value is -2.13. The predicted molar refractivity (Wildman–Crippen MR) is 111 cm³/mol. The van der Waals surface area contributed by atoms with Gasteiger partial charge in [0.2, 0.25) is 0 Å². The molecular formula is C23H29N3. The van der Waals surface area contributed by atoms with Crippen LogP contribution in [0.2, 0.25) is 0 Å². The first kappa shape index (κ1) is 17.3. The van der Waals surface area contributed by atoms with Crippen LogP contribution >= 0.6 is 0 Å². The Morgan fingerprint density at radius 1 is 0.923 bits per heavy atom. The highest BCUT2D eigenvalue weighted by atomic mass is 15.3. The molecule has 3 nitrogen and oxygen atoms in total. The van der Waals surface area contributed by atoms with Gasteiger partial charge >= 0.3 is 0 Å². The average molecular weight is 348 g/mol. The van der Waals surface area contributed by atoms with Gasteiger partial charge in [-0.3, -0.25) is 9.89 Å². The standard InChI is InChI=1S/C23H29N3/c1-19-7-4-5-9-23(19)26-15-13-25(14-16-26)12-6-2-3-8-20-10-11-21-18-24-22(21)17-20/h4-5,7,9-11,17-18H,2-3,6,8,12-16H2,1H3. The lowest BCUT2D eigenvalue weighted by Gasteiger charge is -2.36. The van der Waals surface area contributed by atoms with Crippen molar-refractivity contribution >= 4 is 17.6 Å². The lowest BCUT2D eigenvalue weighted by molar-refractivity contribution is 0.252. The minimum atomic E-state index is 1.15. The van der Waals surface area contributed by atoms with E-state index in [0.717, 1.165) is 13.1 Å². The molecule has 26 heavy (non-hydrogen) atoms. The molecule has 3 heteroatoms. The lowest BCUT2D eigenvalue weighted by Crippen LogP contribution is -2.46. The summed E-state index contributed by atoms with van der Waals surface area (Å²) in [6, 6.07) is 15.5. The van der Waals surface area contributed by atoms with Crippen LogP contribution in [-0.2, 0) is 6.42 Å². The van der Waals surface area contributed by atoms with Crippen molar-refractivity contribution in [2.24, 2.45) is 4.99 Å². The van der Waals surface area contributed by atoms with Crippen molar-refractivity contribution in [3.63, 3.8) is 0 Å². The highest BCUT2D eigenvalue weighted by molar-refractivity contribution is 5.96. The normalized spacial score (nSPS) is 16.4. The number of para-hydroxylation sites is 1. The van der Waals surface area contributed by atoms with Crippen LogP contribution in [0.4, 0.5) is 11.4 Å². The van der Waals surface area contributed by atoms with Crippen molar-refractivity contribution in [1.29, 1.82) is 0 Å². The zero-order valence-corrected chi connectivity index (χ0v) is 15.8. The van der Waals surface area contributed by atoms with Gasteiger partial charge in [0.05, 0.1) is 5.69 Å². The molecule has 2 heterocycles. The van der Waals surface area contributed by atoms with E-state index in [1.54, 1.807) is 0 Å². The van der Waals surface area contributed by atoms with Crippen LogP contribution in [0.5, 0.6) is 0 Å². The van der Waals surface area contributed by atoms with E-state index in [2.05, 4.69) is 64.2 Å². The zero-order chi connectivity index (χ0) is 17.8. The molecule has 136 valence electrons. The molecule has 0 N–H and O–H groups in total. The van der Waals surface area contributed by atoms with Crippen LogP contribution in [-0.4, -0.2) is 43.8 Å². The topological polar surface area (TPSA) is 18.8 Å². The van der Waals surface area contributed by atoms with E-state index in [1.807, 2.05) is 6.21 Å². The van der Waals surface area contributed by atoms with Crippen LogP contribution in [0.15, 0.2) is 47.5 Å². The number of aliphatic imine (C=N–C) groups is 1. The molecule has 2 aliphatic heterocycles. The number of fused-ring (bicyclic) bond motifs is 1. The third-order valence-corrected chi connectivity index (χ3v) is 5.71. The van der Waals surface area contributed by atoms with Gasteiger partial charge in [0.1, 0.15) is 0 Å². The van der Waals surface area contributed by atoms with Crippen molar-refractivity contribution in [1.82, 2.24) is 4.90 Å². The van der Waals surface area contributed by atoms with Gasteiger partial charge in [0, 0.05) is 43.6 Å². The number of anilines is 1. The maximum atomic E-state index is 4.30. The maximum Gasteiger partial charge on any atom is 0.0720 e.